The minimum absolute atomic E-state index is 0.0424. The van der Waals surface area contributed by atoms with Crippen molar-refractivity contribution in [2.45, 2.75) is 6.54 Å². The van der Waals surface area contributed by atoms with Crippen molar-refractivity contribution in [3.05, 3.63) is 28.8 Å². The predicted octanol–water partition coefficient (Wildman–Crippen LogP) is -0.0468. The van der Waals surface area contributed by atoms with E-state index in [2.05, 4.69) is 15.1 Å². The number of nitrogens with one attached hydrogen (secondary N) is 1. The maximum atomic E-state index is 11.0. The number of nitrogens with zero attached hydrogens (tertiary/aromatic N) is 3. The molecule has 4 N–H and O–H groups in total. The summed E-state index contributed by atoms with van der Waals surface area (Å²) in [5, 5.41) is 2.64. The van der Waals surface area contributed by atoms with Gasteiger partial charge in [-0.15, -0.1) is 0 Å². The Bertz CT molecular complexity index is 643. The van der Waals surface area contributed by atoms with Gasteiger partial charge in [-0.25, -0.2) is 15.1 Å². The zero-order chi connectivity index (χ0) is 13.3. The second-order valence-corrected chi connectivity index (χ2v) is 4.74. The van der Waals surface area contributed by atoms with E-state index in [0.717, 1.165) is 0 Å². The molecule has 0 spiro atoms. The van der Waals surface area contributed by atoms with E-state index in [1.807, 2.05) is 0 Å². The van der Waals surface area contributed by atoms with Gasteiger partial charge in [-0.3, -0.25) is 13.8 Å². The molecule has 0 aromatic carbocycles. The van der Waals surface area contributed by atoms with Crippen LogP contribution < -0.4 is 10.8 Å². The lowest BCUT2D eigenvalue weighted by molar-refractivity contribution is 0.0996. The number of aromatic nitrogens is 3. The number of carbonyl (C=O) groups is 1. The Kier molecular flexibility index (Phi) is 3.63. The normalized spacial score (nSPS) is 12.8. The molecular weight excluding hydrogens is 281 g/mol. The zero-order valence-electron chi connectivity index (χ0n) is 8.92. The summed E-state index contributed by atoms with van der Waals surface area (Å²) in [5.41, 5.74) is 5.62. The Balaban J connectivity index is 2.51. The van der Waals surface area contributed by atoms with Crippen LogP contribution in [0.5, 0.6) is 0 Å². The van der Waals surface area contributed by atoms with Gasteiger partial charge in [0.2, 0.25) is 5.78 Å². The Hall–Kier alpha value is -1.47. The van der Waals surface area contributed by atoms with Crippen LogP contribution in [0.15, 0.2) is 12.4 Å². The fraction of sp³-hybridized carbons (Fsp3) is 0.125. The molecule has 0 aliphatic carbocycles. The van der Waals surface area contributed by atoms with Gasteiger partial charge >= 0.3 is 0 Å². The minimum atomic E-state index is -2.83. The van der Waals surface area contributed by atoms with Crippen molar-refractivity contribution in [2.75, 3.05) is 0 Å². The Morgan fingerprint density at radius 3 is 3.00 bits per heavy atom. The second kappa shape index (κ2) is 5.03. The molecule has 0 saturated carbocycles. The molecule has 0 fully saturated rings. The first kappa shape index (κ1) is 13.0. The largest absolute Gasteiger partial charge is 0.364 e. The summed E-state index contributed by atoms with van der Waals surface area (Å²) < 4.78 is 12.1. The van der Waals surface area contributed by atoms with Gasteiger partial charge in [0.25, 0.3) is 14.1 Å². The van der Waals surface area contributed by atoms with Crippen LogP contribution in [0.3, 0.4) is 0 Å². The summed E-state index contributed by atoms with van der Waals surface area (Å²) in [6, 6.07) is 0. The third-order valence-electron chi connectivity index (χ3n) is 2.21. The van der Waals surface area contributed by atoms with Crippen molar-refractivity contribution in [2.24, 2.45) is 5.73 Å². The van der Waals surface area contributed by atoms with Crippen LogP contribution in [0.2, 0.25) is 5.02 Å². The number of rotatable bonds is 4. The van der Waals surface area contributed by atoms with Crippen LogP contribution in [0.4, 0.5) is 0 Å². The van der Waals surface area contributed by atoms with Gasteiger partial charge in [0, 0.05) is 12.7 Å². The first-order valence-corrected chi connectivity index (χ1v) is 6.51. The van der Waals surface area contributed by atoms with Crippen LogP contribution in [-0.2, 0) is 11.1 Å². The van der Waals surface area contributed by atoms with Gasteiger partial charge in [-0.05, 0) is 0 Å². The van der Waals surface area contributed by atoms with E-state index in [4.69, 9.17) is 22.2 Å². The number of imidazole rings is 1. The summed E-state index contributed by atoms with van der Waals surface area (Å²) in [5.74, 6) is -0.450. The molecule has 18 heavy (non-hydrogen) atoms. The first-order chi connectivity index (χ1) is 8.49. The topological polar surface area (TPSA) is 123 Å². The van der Waals surface area contributed by atoms with Crippen LogP contribution in [0.1, 0.15) is 16.2 Å². The number of fused-ring (bicyclic) bond motifs is 1. The van der Waals surface area contributed by atoms with Gasteiger partial charge in [-0.2, -0.15) is 0 Å². The number of halogens is 1. The van der Waals surface area contributed by atoms with Crippen molar-refractivity contribution >= 4 is 31.5 Å². The Labute approximate surface area is 107 Å². The molecule has 1 amide bonds. The fourth-order valence-corrected chi connectivity index (χ4v) is 1.94. The molecule has 10 heteroatoms. The lowest BCUT2D eigenvalue weighted by atomic mass is 10.4. The van der Waals surface area contributed by atoms with E-state index in [9.17, 15) is 9.36 Å². The Morgan fingerprint density at radius 2 is 2.39 bits per heavy atom. The van der Waals surface area contributed by atoms with E-state index in [-0.39, 0.29) is 23.0 Å². The monoisotopic (exact) mass is 289 g/mol. The smallest absolute Gasteiger partial charge is 0.268 e. The van der Waals surface area contributed by atoms with Crippen molar-refractivity contribution in [3.63, 3.8) is 0 Å². The highest BCUT2D eigenvalue weighted by molar-refractivity contribution is 7.35. The molecule has 2 aromatic rings. The summed E-state index contributed by atoms with van der Waals surface area (Å²) in [4.78, 5) is 27.6. The molecule has 8 nitrogen and oxygen atoms in total. The number of hydrogen-bond acceptors (Lipinski definition) is 4. The van der Waals surface area contributed by atoms with Gasteiger partial charge < -0.3 is 10.6 Å². The lowest BCUT2D eigenvalue weighted by Crippen LogP contribution is -2.11. The minimum Gasteiger partial charge on any atom is -0.364 e. The fourth-order valence-electron chi connectivity index (χ4n) is 1.41. The molecule has 0 radical (unpaired) electrons. The van der Waals surface area contributed by atoms with Gasteiger partial charge in [0.15, 0.2) is 0 Å². The first-order valence-electron chi connectivity index (χ1n) is 4.78. The molecule has 1 unspecified atom stereocenters. The second-order valence-electron chi connectivity index (χ2n) is 3.37. The number of amides is 1. The highest BCUT2D eigenvalue weighted by Crippen LogP contribution is 2.18. The highest BCUT2D eigenvalue weighted by Gasteiger charge is 2.13. The SMILES string of the molecule is NC(=O)c1cn2c(CN[PH](=O)O)c(Cl)cnc2n1. The van der Waals surface area contributed by atoms with Gasteiger partial charge in [0.1, 0.15) is 5.69 Å². The summed E-state index contributed by atoms with van der Waals surface area (Å²) in [6.07, 6.45) is 2.72. The highest BCUT2D eigenvalue weighted by atomic mass is 35.5. The number of hydrogen-bond donors (Lipinski definition) is 3. The van der Waals surface area contributed by atoms with Crippen LogP contribution in [-0.4, -0.2) is 25.2 Å². The molecule has 2 rings (SSSR count). The standard InChI is InChI=1S/C8H9ClN5O3P/c9-4-1-11-8-13-5(7(10)15)3-14(8)6(4)2-12-18(16)17/h1,3,18H,2H2,(H2,10,15)(H2,12,16,17). The van der Waals surface area contributed by atoms with E-state index in [1.54, 1.807) is 0 Å². The average molecular weight is 290 g/mol. The summed E-state index contributed by atoms with van der Waals surface area (Å²) in [6.45, 7) is 0.0424. The molecule has 2 aromatic heterocycles. The van der Waals surface area contributed by atoms with E-state index >= 15 is 0 Å². The molecule has 2 heterocycles. The maximum Gasteiger partial charge on any atom is 0.268 e. The lowest BCUT2D eigenvalue weighted by Gasteiger charge is -2.06. The molecule has 96 valence electrons. The molecule has 0 saturated heterocycles. The van der Waals surface area contributed by atoms with Gasteiger partial charge in [-0.1, -0.05) is 11.6 Å². The average Bonchev–Trinajstić information content (AvgIpc) is 2.71. The Morgan fingerprint density at radius 1 is 1.67 bits per heavy atom. The number of nitrogens with two attached hydrogens (primary N) is 1. The summed E-state index contributed by atoms with van der Waals surface area (Å²) in [7, 11) is -2.83. The van der Waals surface area contributed by atoms with E-state index in [0.29, 0.717) is 5.69 Å². The van der Waals surface area contributed by atoms with Crippen LogP contribution >= 0.6 is 19.8 Å². The van der Waals surface area contributed by atoms with Crippen molar-refractivity contribution in [1.82, 2.24) is 19.5 Å². The molecule has 1 atom stereocenters. The maximum absolute atomic E-state index is 11.0. The van der Waals surface area contributed by atoms with Crippen molar-refractivity contribution < 1.29 is 14.3 Å². The zero-order valence-corrected chi connectivity index (χ0v) is 10.7. The van der Waals surface area contributed by atoms with Crippen LogP contribution in [0.25, 0.3) is 5.78 Å². The third kappa shape index (κ3) is 2.51. The summed E-state index contributed by atoms with van der Waals surface area (Å²) >= 11 is 5.94. The number of primary amides is 1. The number of carbonyl (C=O) groups excluding carboxylic acids is 1. The molecule has 0 aliphatic heterocycles. The quantitative estimate of drug-likeness (QED) is 0.678. The van der Waals surface area contributed by atoms with Crippen molar-refractivity contribution in [3.8, 4) is 0 Å². The van der Waals surface area contributed by atoms with Gasteiger partial charge in [0.05, 0.1) is 16.9 Å². The third-order valence-corrected chi connectivity index (χ3v) is 3.00. The molecule has 0 bridgehead atoms. The van der Waals surface area contributed by atoms with E-state index in [1.165, 1.54) is 16.8 Å². The molecular formula is C8H9ClN5O3P. The van der Waals surface area contributed by atoms with E-state index < -0.39 is 14.1 Å². The van der Waals surface area contributed by atoms with Crippen LogP contribution in [0, 0.1) is 0 Å². The predicted molar refractivity (Wildman–Crippen MR) is 64.6 cm³/mol. The molecule has 0 aliphatic rings. The van der Waals surface area contributed by atoms with Crippen molar-refractivity contribution in [1.29, 1.82) is 0 Å².